The van der Waals surface area contributed by atoms with E-state index in [0.29, 0.717) is 25.4 Å². The molecule has 9 heteroatoms. The van der Waals surface area contributed by atoms with Crippen molar-refractivity contribution in [3.63, 3.8) is 0 Å². The summed E-state index contributed by atoms with van der Waals surface area (Å²) in [7, 11) is 1.59. The van der Waals surface area contributed by atoms with E-state index >= 15 is 0 Å². The van der Waals surface area contributed by atoms with Gasteiger partial charge >= 0.3 is 0 Å². The average molecular weight is 421 g/mol. The SMILES string of the molecule is COc1ccc(N2CC(C(=O)N3CCCC(Oc4nccnc4C#N)C3)CC2=O)cc1. The molecule has 0 N–H and O–H groups in total. The monoisotopic (exact) mass is 421 g/mol. The van der Waals surface area contributed by atoms with Gasteiger partial charge in [0.2, 0.25) is 17.5 Å². The smallest absolute Gasteiger partial charge is 0.251 e. The van der Waals surface area contributed by atoms with Crippen molar-refractivity contribution >= 4 is 17.5 Å². The third-order valence-electron chi connectivity index (χ3n) is 5.60. The molecule has 3 heterocycles. The first-order chi connectivity index (χ1) is 15.1. The lowest BCUT2D eigenvalue weighted by Gasteiger charge is -2.34. The van der Waals surface area contributed by atoms with Crippen molar-refractivity contribution in [2.24, 2.45) is 5.92 Å². The molecule has 2 amide bonds. The minimum absolute atomic E-state index is 0.0442. The number of piperidine rings is 1. The van der Waals surface area contributed by atoms with Crippen LogP contribution in [0.2, 0.25) is 0 Å². The van der Waals surface area contributed by atoms with Crippen LogP contribution in [-0.2, 0) is 9.59 Å². The van der Waals surface area contributed by atoms with Crippen molar-refractivity contribution in [2.45, 2.75) is 25.4 Å². The molecule has 4 rings (SSSR count). The molecular formula is C22H23N5O4. The maximum Gasteiger partial charge on any atom is 0.251 e. The Morgan fingerprint density at radius 1 is 1.19 bits per heavy atom. The summed E-state index contributed by atoms with van der Waals surface area (Å²) in [4.78, 5) is 37.1. The van der Waals surface area contributed by atoms with Crippen molar-refractivity contribution < 1.29 is 19.1 Å². The number of carbonyl (C=O) groups is 2. The molecule has 9 nitrogen and oxygen atoms in total. The Balaban J connectivity index is 1.39. The predicted molar refractivity (Wildman–Crippen MR) is 110 cm³/mol. The quantitative estimate of drug-likeness (QED) is 0.724. The first-order valence-electron chi connectivity index (χ1n) is 10.2. The van der Waals surface area contributed by atoms with Gasteiger partial charge in [0, 0.05) is 37.6 Å². The number of nitriles is 1. The number of hydrogen-bond acceptors (Lipinski definition) is 7. The lowest BCUT2D eigenvalue weighted by atomic mass is 10.0. The zero-order valence-electron chi connectivity index (χ0n) is 17.2. The van der Waals surface area contributed by atoms with Gasteiger partial charge in [-0.2, -0.15) is 5.26 Å². The number of carbonyl (C=O) groups excluding carboxylic acids is 2. The van der Waals surface area contributed by atoms with Crippen LogP contribution >= 0.6 is 0 Å². The van der Waals surface area contributed by atoms with E-state index in [1.165, 1.54) is 12.4 Å². The summed E-state index contributed by atoms with van der Waals surface area (Å²) in [6, 6.07) is 9.21. The Bertz CT molecular complexity index is 1000. The maximum absolute atomic E-state index is 13.1. The molecule has 2 aliphatic heterocycles. The molecule has 0 saturated carbocycles. The topological polar surface area (TPSA) is 109 Å². The summed E-state index contributed by atoms with van der Waals surface area (Å²) in [6.45, 7) is 1.37. The number of hydrogen-bond donors (Lipinski definition) is 0. The van der Waals surface area contributed by atoms with E-state index in [2.05, 4.69) is 9.97 Å². The van der Waals surface area contributed by atoms with Crippen LogP contribution in [0.25, 0.3) is 0 Å². The second kappa shape index (κ2) is 9.00. The molecule has 1 aromatic carbocycles. The van der Waals surface area contributed by atoms with E-state index < -0.39 is 0 Å². The Kier molecular flexibility index (Phi) is 5.98. The van der Waals surface area contributed by atoms with Crippen LogP contribution in [-0.4, -0.2) is 59.5 Å². The van der Waals surface area contributed by atoms with Gasteiger partial charge in [-0.15, -0.1) is 0 Å². The highest BCUT2D eigenvalue weighted by molar-refractivity contribution is 6.00. The summed E-state index contributed by atoms with van der Waals surface area (Å²) in [5.41, 5.74) is 0.884. The summed E-state index contributed by atoms with van der Waals surface area (Å²) in [6.07, 6.45) is 4.37. The molecule has 0 aliphatic carbocycles. The highest BCUT2D eigenvalue weighted by Crippen LogP contribution is 2.29. The van der Waals surface area contributed by atoms with E-state index in [0.717, 1.165) is 18.5 Å². The lowest BCUT2D eigenvalue weighted by Crippen LogP contribution is -2.47. The Hall–Kier alpha value is -3.67. The number of rotatable bonds is 5. The van der Waals surface area contributed by atoms with Crippen LogP contribution < -0.4 is 14.4 Å². The van der Waals surface area contributed by atoms with E-state index in [9.17, 15) is 9.59 Å². The summed E-state index contributed by atoms with van der Waals surface area (Å²) >= 11 is 0. The number of amides is 2. The normalized spacial score (nSPS) is 21.0. The third-order valence-corrected chi connectivity index (χ3v) is 5.60. The van der Waals surface area contributed by atoms with Crippen LogP contribution in [0.4, 0.5) is 5.69 Å². The van der Waals surface area contributed by atoms with Crippen LogP contribution in [0.3, 0.4) is 0 Å². The molecule has 2 fully saturated rings. The molecule has 2 aliphatic rings. The van der Waals surface area contributed by atoms with Crippen molar-refractivity contribution in [1.82, 2.24) is 14.9 Å². The van der Waals surface area contributed by atoms with E-state index in [1.807, 2.05) is 18.2 Å². The van der Waals surface area contributed by atoms with Crippen LogP contribution in [0.5, 0.6) is 11.6 Å². The van der Waals surface area contributed by atoms with Crippen LogP contribution in [0.15, 0.2) is 36.7 Å². The van der Waals surface area contributed by atoms with Crippen molar-refractivity contribution in [3.05, 3.63) is 42.4 Å². The van der Waals surface area contributed by atoms with Gasteiger partial charge in [-0.25, -0.2) is 9.97 Å². The first-order valence-corrected chi connectivity index (χ1v) is 10.2. The van der Waals surface area contributed by atoms with Crippen LogP contribution in [0, 0.1) is 17.2 Å². The predicted octanol–water partition coefficient (Wildman–Crippen LogP) is 1.78. The second-order valence-electron chi connectivity index (χ2n) is 7.59. The molecule has 0 radical (unpaired) electrons. The molecule has 2 atom stereocenters. The maximum atomic E-state index is 13.1. The number of benzene rings is 1. The van der Waals surface area contributed by atoms with Crippen LogP contribution in [0.1, 0.15) is 25.0 Å². The Morgan fingerprint density at radius 2 is 1.97 bits per heavy atom. The lowest BCUT2D eigenvalue weighted by molar-refractivity contribution is -0.138. The standard InChI is InChI=1S/C22H23N5O4/c1-30-17-6-4-16(5-7-17)27-13-15(11-20(27)28)22(29)26-10-2-3-18(14-26)31-21-19(12-23)24-8-9-25-21/h4-9,15,18H,2-3,10-11,13-14H2,1H3. The fourth-order valence-corrected chi connectivity index (χ4v) is 4.02. The number of anilines is 1. The summed E-state index contributed by atoms with van der Waals surface area (Å²) in [5.74, 6) is 0.402. The van der Waals surface area contributed by atoms with Gasteiger partial charge in [-0.3, -0.25) is 9.59 Å². The highest BCUT2D eigenvalue weighted by atomic mass is 16.5. The number of likely N-dealkylation sites (tertiary alicyclic amines) is 1. The van der Waals surface area contributed by atoms with Gasteiger partial charge < -0.3 is 19.3 Å². The minimum atomic E-state index is -0.389. The number of ether oxygens (including phenoxy) is 2. The Morgan fingerprint density at radius 3 is 2.71 bits per heavy atom. The van der Waals surface area contributed by atoms with Gasteiger partial charge in [-0.05, 0) is 37.1 Å². The van der Waals surface area contributed by atoms with Gasteiger partial charge in [-0.1, -0.05) is 0 Å². The molecule has 0 bridgehead atoms. The fourth-order valence-electron chi connectivity index (χ4n) is 4.02. The van der Waals surface area contributed by atoms with Crippen molar-refractivity contribution in [2.75, 3.05) is 31.6 Å². The zero-order chi connectivity index (χ0) is 21.8. The zero-order valence-corrected chi connectivity index (χ0v) is 17.2. The molecule has 0 spiro atoms. The molecule has 31 heavy (non-hydrogen) atoms. The van der Waals surface area contributed by atoms with Crippen molar-refractivity contribution in [1.29, 1.82) is 5.26 Å². The molecule has 160 valence electrons. The van der Waals surface area contributed by atoms with Crippen molar-refractivity contribution in [3.8, 4) is 17.7 Å². The molecule has 2 unspecified atom stereocenters. The minimum Gasteiger partial charge on any atom is -0.497 e. The molecule has 2 saturated heterocycles. The second-order valence-corrected chi connectivity index (χ2v) is 7.59. The van der Waals surface area contributed by atoms with Gasteiger partial charge in [0.1, 0.15) is 17.9 Å². The third kappa shape index (κ3) is 4.43. The Labute approximate surface area is 180 Å². The largest absolute Gasteiger partial charge is 0.497 e. The van der Waals surface area contributed by atoms with Gasteiger partial charge in [0.25, 0.3) is 5.88 Å². The number of methoxy groups -OCH3 is 1. The fraction of sp³-hybridized carbons (Fsp3) is 0.409. The number of aromatic nitrogens is 2. The average Bonchev–Trinajstić information content (AvgIpc) is 3.20. The van der Waals surface area contributed by atoms with E-state index in [1.54, 1.807) is 29.0 Å². The van der Waals surface area contributed by atoms with Gasteiger partial charge in [0.05, 0.1) is 19.6 Å². The number of nitrogens with zero attached hydrogens (tertiary/aromatic N) is 5. The summed E-state index contributed by atoms with van der Waals surface area (Å²) < 4.78 is 11.0. The molecular weight excluding hydrogens is 398 g/mol. The summed E-state index contributed by atoms with van der Waals surface area (Å²) in [5, 5.41) is 9.16. The van der Waals surface area contributed by atoms with E-state index in [4.69, 9.17) is 14.7 Å². The molecule has 1 aromatic heterocycles. The molecule has 2 aromatic rings. The van der Waals surface area contributed by atoms with E-state index in [-0.39, 0.29) is 41.8 Å². The highest BCUT2D eigenvalue weighted by Gasteiger charge is 2.38. The first kappa shape index (κ1) is 20.6. The van der Waals surface area contributed by atoms with Gasteiger partial charge in [0.15, 0.2) is 0 Å².